The average Bonchev–Trinajstić information content (AvgIpc) is 2.52. The Labute approximate surface area is 124 Å². The normalized spacial score (nSPS) is 11.7. The van der Waals surface area contributed by atoms with Crippen molar-refractivity contribution in [2.24, 2.45) is 0 Å². The molecule has 0 aliphatic carbocycles. The second-order valence-corrected chi connectivity index (χ2v) is 4.70. The lowest BCUT2D eigenvalue weighted by atomic mass is 10.0. The fraction of sp³-hybridized carbons (Fsp3) is 0.235. The first-order valence-corrected chi connectivity index (χ1v) is 6.89. The monoisotopic (exact) mass is 285 g/mol. The van der Waals surface area contributed by atoms with Crippen LogP contribution in [-0.2, 0) is 0 Å². The lowest BCUT2D eigenvalue weighted by Crippen LogP contribution is -2.13. The molecule has 2 aromatic rings. The van der Waals surface area contributed by atoms with Crippen molar-refractivity contribution in [1.82, 2.24) is 0 Å². The third-order valence-electron chi connectivity index (χ3n) is 3.41. The molecule has 0 heterocycles. The lowest BCUT2D eigenvalue weighted by molar-refractivity contribution is 0.0698. The number of methoxy groups -OCH3 is 1. The van der Waals surface area contributed by atoms with Crippen LogP contribution in [0.5, 0.6) is 5.75 Å². The van der Waals surface area contributed by atoms with Crippen molar-refractivity contribution in [3.05, 3.63) is 59.7 Å². The van der Waals surface area contributed by atoms with Crippen LogP contribution in [0, 0.1) is 0 Å². The summed E-state index contributed by atoms with van der Waals surface area (Å²) in [7, 11) is 1.64. The van der Waals surface area contributed by atoms with Gasteiger partial charge in [0.05, 0.1) is 18.7 Å². The Balaban J connectivity index is 2.34. The predicted molar refractivity (Wildman–Crippen MR) is 83.1 cm³/mol. The Hall–Kier alpha value is -2.49. The van der Waals surface area contributed by atoms with Crippen molar-refractivity contribution in [3.8, 4) is 5.75 Å². The highest BCUT2D eigenvalue weighted by molar-refractivity contribution is 5.94. The summed E-state index contributed by atoms with van der Waals surface area (Å²) >= 11 is 0. The molecule has 0 saturated heterocycles. The molecular formula is C17H19NO3. The number of ether oxygens (including phenoxy) is 1. The predicted octanol–water partition coefficient (Wildman–Crippen LogP) is 3.96. The SMILES string of the molecule is CCC(Nc1ccccc1C(=O)O)c1ccccc1OC. The highest BCUT2D eigenvalue weighted by Crippen LogP contribution is 2.30. The average molecular weight is 285 g/mol. The van der Waals surface area contributed by atoms with E-state index in [0.717, 1.165) is 17.7 Å². The molecule has 1 atom stereocenters. The molecule has 4 nitrogen and oxygen atoms in total. The van der Waals surface area contributed by atoms with E-state index in [0.29, 0.717) is 5.69 Å². The van der Waals surface area contributed by atoms with E-state index in [2.05, 4.69) is 5.32 Å². The van der Waals surface area contributed by atoms with E-state index in [1.807, 2.05) is 37.3 Å². The molecule has 0 fully saturated rings. The van der Waals surface area contributed by atoms with Crippen LogP contribution in [0.4, 0.5) is 5.69 Å². The molecule has 0 aliphatic rings. The molecule has 110 valence electrons. The van der Waals surface area contributed by atoms with Crippen LogP contribution in [0.3, 0.4) is 0 Å². The maximum absolute atomic E-state index is 11.3. The number of aromatic carboxylic acids is 1. The Morgan fingerprint density at radius 3 is 2.52 bits per heavy atom. The Bertz CT molecular complexity index is 625. The van der Waals surface area contributed by atoms with Crippen molar-refractivity contribution in [1.29, 1.82) is 0 Å². The van der Waals surface area contributed by atoms with Gasteiger partial charge in [0.25, 0.3) is 0 Å². The standard InChI is InChI=1S/C17H19NO3/c1-3-14(12-8-5-7-11-16(12)21-2)18-15-10-6-4-9-13(15)17(19)20/h4-11,14,18H,3H2,1-2H3,(H,19,20). The number of benzene rings is 2. The minimum Gasteiger partial charge on any atom is -0.496 e. The molecule has 2 N–H and O–H groups in total. The summed E-state index contributed by atoms with van der Waals surface area (Å²) < 4.78 is 5.39. The van der Waals surface area contributed by atoms with Gasteiger partial charge in [0.1, 0.15) is 5.75 Å². The molecule has 4 heteroatoms. The Morgan fingerprint density at radius 2 is 1.86 bits per heavy atom. The summed E-state index contributed by atoms with van der Waals surface area (Å²) in [6, 6.07) is 14.7. The number of para-hydroxylation sites is 2. The molecule has 1 unspecified atom stereocenters. The number of hydrogen-bond acceptors (Lipinski definition) is 3. The summed E-state index contributed by atoms with van der Waals surface area (Å²) in [5.41, 5.74) is 1.90. The van der Waals surface area contributed by atoms with Crippen molar-refractivity contribution < 1.29 is 14.6 Å². The molecule has 21 heavy (non-hydrogen) atoms. The van der Waals surface area contributed by atoms with Crippen LogP contribution >= 0.6 is 0 Å². The van der Waals surface area contributed by atoms with E-state index in [1.54, 1.807) is 25.3 Å². The minimum atomic E-state index is -0.937. The van der Waals surface area contributed by atoms with Crippen LogP contribution in [0.25, 0.3) is 0 Å². The smallest absolute Gasteiger partial charge is 0.337 e. The zero-order valence-electron chi connectivity index (χ0n) is 12.2. The van der Waals surface area contributed by atoms with Gasteiger partial charge in [0.2, 0.25) is 0 Å². The number of hydrogen-bond donors (Lipinski definition) is 2. The third-order valence-corrected chi connectivity index (χ3v) is 3.41. The van der Waals surface area contributed by atoms with Crippen LogP contribution in [0.2, 0.25) is 0 Å². The fourth-order valence-electron chi connectivity index (χ4n) is 2.34. The molecule has 2 rings (SSSR count). The van der Waals surface area contributed by atoms with Gasteiger partial charge in [0.15, 0.2) is 0 Å². The highest BCUT2D eigenvalue weighted by Gasteiger charge is 2.17. The number of carboxylic acids is 1. The topological polar surface area (TPSA) is 58.6 Å². The third kappa shape index (κ3) is 3.34. The molecule has 0 radical (unpaired) electrons. The van der Waals surface area contributed by atoms with Gasteiger partial charge < -0.3 is 15.2 Å². The molecule has 0 amide bonds. The van der Waals surface area contributed by atoms with Gasteiger partial charge in [-0.1, -0.05) is 37.3 Å². The van der Waals surface area contributed by atoms with Gasteiger partial charge in [-0.05, 0) is 24.6 Å². The van der Waals surface area contributed by atoms with Crippen LogP contribution in [-0.4, -0.2) is 18.2 Å². The van der Waals surface area contributed by atoms with E-state index < -0.39 is 5.97 Å². The van der Waals surface area contributed by atoms with E-state index in [4.69, 9.17) is 4.74 Å². The van der Waals surface area contributed by atoms with Gasteiger partial charge in [-0.25, -0.2) is 4.79 Å². The van der Waals surface area contributed by atoms with Gasteiger partial charge in [-0.2, -0.15) is 0 Å². The molecule has 0 saturated carbocycles. The number of anilines is 1. The fourth-order valence-corrected chi connectivity index (χ4v) is 2.34. The number of rotatable bonds is 6. The molecule has 2 aromatic carbocycles. The zero-order valence-corrected chi connectivity index (χ0v) is 12.2. The van der Waals surface area contributed by atoms with Crippen molar-refractivity contribution in [2.45, 2.75) is 19.4 Å². The van der Waals surface area contributed by atoms with Gasteiger partial charge in [-0.3, -0.25) is 0 Å². The van der Waals surface area contributed by atoms with Crippen LogP contribution in [0.15, 0.2) is 48.5 Å². The quantitative estimate of drug-likeness (QED) is 0.843. The maximum atomic E-state index is 11.3. The second-order valence-electron chi connectivity index (χ2n) is 4.70. The second kappa shape index (κ2) is 6.79. The molecule has 0 spiro atoms. The molecular weight excluding hydrogens is 266 g/mol. The Morgan fingerprint density at radius 1 is 1.19 bits per heavy atom. The first kappa shape index (κ1) is 14.9. The number of carboxylic acid groups (broad SMARTS) is 1. The molecule has 0 bridgehead atoms. The largest absolute Gasteiger partial charge is 0.496 e. The zero-order chi connectivity index (χ0) is 15.2. The summed E-state index contributed by atoms with van der Waals surface area (Å²) in [5, 5.41) is 12.6. The lowest BCUT2D eigenvalue weighted by Gasteiger charge is -2.22. The van der Waals surface area contributed by atoms with Crippen molar-refractivity contribution in [3.63, 3.8) is 0 Å². The molecule has 0 aliphatic heterocycles. The highest BCUT2D eigenvalue weighted by atomic mass is 16.5. The molecule has 0 aromatic heterocycles. The van der Waals surface area contributed by atoms with E-state index in [9.17, 15) is 9.90 Å². The van der Waals surface area contributed by atoms with Crippen molar-refractivity contribution in [2.75, 3.05) is 12.4 Å². The first-order valence-electron chi connectivity index (χ1n) is 6.89. The number of nitrogens with one attached hydrogen (secondary N) is 1. The first-order chi connectivity index (χ1) is 10.2. The van der Waals surface area contributed by atoms with Gasteiger partial charge in [0, 0.05) is 11.3 Å². The van der Waals surface area contributed by atoms with Gasteiger partial charge in [-0.15, -0.1) is 0 Å². The van der Waals surface area contributed by atoms with Crippen molar-refractivity contribution >= 4 is 11.7 Å². The van der Waals surface area contributed by atoms with E-state index in [-0.39, 0.29) is 11.6 Å². The van der Waals surface area contributed by atoms with E-state index in [1.165, 1.54) is 0 Å². The minimum absolute atomic E-state index is 0.0124. The Kier molecular flexibility index (Phi) is 4.82. The number of carbonyl (C=O) groups is 1. The summed E-state index contributed by atoms with van der Waals surface area (Å²) in [5.74, 6) is -0.141. The van der Waals surface area contributed by atoms with Gasteiger partial charge >= 0.3 is 5.97 Å². The van der Waals surface area contributed by atoms with Crippen LogP contribution < -0.4 is 10.1 Å². The summed E-state index contributed by atoms with van der Waals surface area (Å²) in [6.45, 7) is 2.05. The summed E-state index contributed by atoms with van der Waals surface area (Å²) in [6.07, 6.45) is 0.814. The van der Waals surface area contributed by atoms with E-state index >= 15 is 0 Å². The maximum Gasteiger partial charge on any atom is 0.337 e. The summed E-state index contributed by atoms with van der Waals surface area (Å²) in [4.78, 5) is 11.3. The van der Waals surface area contributed by atoms with Crippen LogP contribution in [0.1, 0.15) is 35.3 Å².